The second-order valence-electron chi connectivity index (χ2n) is 4.32. The smallest absolute Gasteiger partial charge is 0.173 e. The number of fused-ring (bicyclic) bond motifs is 1. The van der Waals surface area contributed by atoms with Crippen LogP contribution in [-0.4, -0.2) is 16.5 Å². The predicted molar refractivity (Wildman–Crippen MR) is 70.5 cm³/mol. The third kappa shape index (κ3) is 2.26. The fourth-order valence-corrected chi connectivity index (χ4v) is 2.56. The van der Waals surface area contributed by atoms with E-state index in [1.165, 1.54) is 6.07 Å². The Morgan fingerprint density at radius 1 is 1.26 bits per heavy atom. The van der Waals surface area contributed by atoms with Crippen LogP contribution in [0.4, 0.5) is 8.78 Å². The summed E-state index contributed by atoms with van der Waals surface area (Å²) in [7, 11) is 0. The molecule has 0 spiro atoms. The third-order valence-electron chi connectivity index (χ3n) is 3.08. The Bertz CT molecular complexity index is 646. The van der Waals surface area contributed by atoms with E-state index in [2.05, 4.69) is 31.2 Å². The molecule has 0 atom stereocenters. The maximum atomic E-state index is 13.5. The number of nitrogens with one attached hydrogen (secondary N) is 1. The summed E-state index contributed by atoms with van der Waals surface area (Å²) in [6.07, 6.45) is 2.55. The van der Waals surface area contributed by atoms with Gasteiger partial charge in [0.05, 0.1) is 10.2 Å². The molecule has 1 aromatic carbocycles. The maximum Gasteiger partial charge on any atom is 0.173 e. The van der Waals surface area contributed by atoms with Crippen molar-refractivity contribution >= 4 is 15.9 Å². The monoisotopic (exact) mass is 325 g/mol. The zero-order chi connectivity index (χ0) is 13.4. The van der Waals surface area contributed by atoms with Crippen LogP contribution in [0.3, 0.4) is 0 Å². The van der Waals surface area contributed by atoms with Crippen molar-refractivity contribution in [3.8, 4) is 11.4 Å². The quantitative estimate of drug-likeness (QED) is 0.819. The third-order valence-corrected chi connectivity index (χ3v) is 3.86. The number of nitrogens with zero attached hydrogens (tertiary/aromatic N) is 2. The van der Waals surface area contributed by atoms with Crippen molar-refractivity contribution in [2.75, 3.05) is 6.54 Å². The largest absolute Gasteiger partial charge is 0.312 e. The molecule has 19 heavy (non-hydrogen) atoms. The highest BCUT2D eigenvalue weighted by Gasteiger charge is 2.17. The topological polar surface area (TPSA) is 37.8 Å². The lowest BCUT2D eigenvalue weighted by atomic mass is 10.1. The molecule has 1 aromatic heterocycles. The van der Waals surface area contributed by atoms with Crippen LogP contribution in [0.25, 0.3) is 11.4 Å². The van der Waals surface area contributed by atoms with E-state index in [-0.39, 0.29) is 4.47 Å². The number of benzene rings is 1. The summed E-state index contributed by atoms with van der Waals surface area (Å²) in [6.45, 7) is 1.61. The molecule has 1 N–H and O–H groups in total. The van der Waals surface area contributed by atoms with Gasteiger partial charge in [-0.25, -0.2) is 18.7 Å². The first-order valence-electron chi connectivity index (χ1n) is 5.86. The normalized spacial score (nSPS) is 14.3. The molecule has 3 nitrogen and oxygen atoms in total. The van der Waals surface area contributed by atoms with Crippen molar-refractivity contribution in [3.05, 3.63) is 45.7 Å². The molecule has 1 aliphatic rings. The lowest BCUT2D eigenvalue weighted by Gasteiger charge is -2.16. The summed E-state index contributed by atoms with van der Waals surface area (Å²) in [5.41, 5.74) is 2.47. The fraction of sp³-hybridized carbons (Fsp3) is 0.231. The summed E-state index contributed by atoms with van der Waals surface area (Å²) in [4.78, 5) is 8.67. The van der Waals surface area contributed by atoms with E-state index in [1.54, 1.807) is 6.20 Å². The molecular weight excluding hydrogens is 316 g/mol. The summed E-state index contributed by atoms with van der Waals surface area (Å²) < 4.78 is 26.7. The fourth-order valence-electron chi connectivity index (χ4n) is 2.06. The van der Waals surface area contributed by atoms with Crippen molar-refractivity contribution in [2.45, 2.75) is 13.0 Å². The van der Waals surface area contributed by atoms with E-state index in [1.807, 2.05) is 0 Å². The molecule has 0 bridgehead atoms. The van der Waals surface area contributed by atoms with Crippen LogP contribution in [0.15, 0.2) is 22.8 Å². The molecule has 0 saturated heterocycles. The van der Waals surface area contributed by atoms with Gasteiger partial charge in [0.2, 0.25) is 0 Å². The molecule has 0 unspecified atom stereocenters. The van der Waals surface area contributed by atoms with Gasteiger partial charge in [0.1, 0.15) is 0 Å². The summed E-state index contributed by atoms with van der Waals surface area (Å²) in [5, 5.41) is 3.23. The maximum absolute atomic E-state index is 13.5. The van der Waals surface area contributed by atoms with Gasteiger partial charge in [-0.3, -0.25) is 0 Å². The SMILES string of the molecule is Fc1ccc(-c2ncc3c(n2)CCNC3)c(Br)c1F. The minimum absolute atomic E-state index is 0.0568. The zero-order valence-electron chi connectivity index (χ0n) is 9.88. The van der Waals surface area contributed by atoms with E-state index >= 15 is 0 Å². The Morgan fingerprint density at radius 3 is 2.95 bits per heavy atom. The minimum atomic E-state index is -0.916. The van der Waals surface area contributed by atoms with Gasteiger partial charge in [-0.15, -0.1) is 0 Å². The van der Waals surface area contributed by atoms with E-state index in [4.69, 9.17) is 0 Å². The van der Waals surface area contributed by atoms with Gasteiger partial charge in [0, 0.05) is 36.8 Å². The number of hydrogen-bond donors (Lipinski definition) is 1. The molecule has 0 saturated carbocycles. The van der Waals surface area contributed by atoms with Gasteiger partial charge in [0.15, 0.2) is 17.5 Å². The first-order chi connectivity index (χ1) is 9.16. The molecule has 6 heteroatoms. The Hall–Kier alpha value is -1.40. The summed E-state index contributed by atoms with van der Waals surface area (Å²) in [6, 6.07) is 2.56. The minimum Gasteiger partial charge on any atom is -0.312 e. The molecule has 3 rings (SSSR count). The molecule has 0 amide bonds. The molecule has 2 aromatic rings. The van der Waals surface area contributed by atoms with Gasteiger partial charge in [-0.2, -0.15) is 0 Å². The molecular formula is C13H10BrF2N3. The van der Waals surface area contributed by atoms with Crippen molar-refractivity contribution < 1.29 is 8.78 Å². The number of rotatable bonds is 1. The van der Waals surface area contributed by atoms with Crippen molar-refractivity contribution in [1.82, 2.24) is 15.3 Å². The Kier molecular flexibility index (Phi) is 3.28. The van der Waals surface area contributed by atoms with Gasteiger partial charge in [-0.05, 0) is 28.1 Å². The van der Waals surface area contributed by atoms with Gasteiger partial charge >= 0.3 is 0 Å². The highest BCUT2D eigenvalue weighted by atomic mass is 79.9. The van der Waals surface area contributed by atoms with Crippen molar-refractivity contribution in [2.24, 2.45) is 0 Å². The van der Waals surface area contributed by atoms with Crippen LogP contribution >= 0.6 is 15.9 Å². The van der Waals surface area contributed by atoms with Gasteiger partial charge in [0.25, 0.3) is 0 Å². The predicted octanol–water partition coefficient (Wildman–Crippen LogP) is 2.83. The number of hydrogen-bond acceptors (Lipinski definition) is 3. The lowest BCUT2D eigenvalue weighted by molar-refractivity contribution is 0.504. The van der Waals surface area contributed by atoms with Crippen molar-refractivity contribution in [1.29, 1.82) is 0 Å². The summed E-state index contributed by atoms with van der Waals surface area (Å²) >= 11 is 3.06. The van der Waals surface area contributed by atoms with Crippen LogP contribution in [0, 0.1) is 11.6 Å². The zero-order valence-corrected chi connectivity index (χ0v) is 11.5. The van der Waals surface area contributed by atoms with Crippen LogP contribution in [0.5, 0.6) is 0 Å². The highest BCUT2D eigenvalue weighted by Crippen LogP contribution is 2.30. The highest BCUT2D eigenvalue weighted by molar-refractivity contribution is 9.10. The van der Waals surface area contributed by atoms with Crippen LogP contribution in [0.1, 0.15) is 11.3 Å². The molecule has 0 aliphatic carbocycles. The van der Waals surface area contributed by atoms with E-state index in [9.17, 15) is 8.78 Å². The first kappa shape index (κ1) is 12.6. The molecule has 0 radical (unpaired) electrons. The lowest BCUT2D eigenvalue weighted by Crippen LogP contribution is -2.25. The van der Waals surface area contributed by atoms with Crippen molar-refractivity contribution in [3.63, 3.8) is 0 Å². The van der Waals surface area contributed by atoms with Gasteiger partial charge in [-0.1, -0.05) is 0 Å². The van der Waals surface area contributed by atoms with E-state index < -0.39 is 11.6 Å². The second-order valence-corrected chi connectivity index (χ2v) is 5.11. The Labute approximate surface area is 117 Å². The second kappa shape index (κ2) is 4.94. The average Bonchev–Trinajstić information content (AvgIpc) is 2.44. The molecule has 0 fully saturated rings. The Balaban J connectivity index is 2.10. The van der Waals surface area contributed by atoms with Crippen LogP contribution in [0.2, 0.25) is 0 Å². The van der Waals surface area contributed by atoms with E-state index in [0.29, 0.717) is 11.4 Å². The van der Waals surface area contributed by atoms with E-state index in [0.717, 1.165) is 36.8 Å². The number of aromatic nitrogens is 2. The van der Waals surface area contributed by atoms with Crippen LogP contribution < -0.4 is 5.32 Å². The molecule has 1 aliphatic heterocycles. The molecule has 98 valence electrons. The van der Waals surface area contributed by atoms with Gasteiger partial charge < -0.3 is 5.32 Å². The first-order valence-corrected chi connectivity index (χ1v) is 6.65. The summed E-state index contributed by atoms with van der Waals surface area (Å²) in [5.74, 6) is -1.40. The number of halogens is 3. The average molecular weight is 326 g/mol. The Morgan fingerprint density at radius 2 is 2.11 bits per heavy atom. The van der Waals surface area contributed by atoms with Crippen LogP contribution in [-0.2, 0) is 13.0 Å². The standard InChI is InChI=1S/C13H10BrF2N3/c14-11-8(1-2-9(15)12(11)16)13-18-6-7-5-17-4-3-10(7)19-13/h1-2,6,17H,3-5H2. The molecule has 2 heterocycles.